The zero-order chi connectivity index (χ0) is 23.4. The Kier molecular flexibility index (Phi) is 6.93. The highest BCUT2D eigenvalue weighted by atomic mass is 19.1. The van der Waals surface area contributed by atoms with Gasteiger partial charge in [0.05, 0.1) is 17.9 Å². The van der Waals surface area contributed by atoms with Gasteiger partial charge < -0.3 is 25.5 Å². The Morgan fingerprint density at radius 3 is 2.58 bits per heavy atom. The number of hydrogen-bond acceptors (Lipinski definition) is 6. The molecule has 0 bridgehead atoms. The summed E-state index contributed by atoms with van der Waals surface area (Å²) in [5.74, 6) is -0.651. The molecule has 1 aromatic carbocycles. The van der Waals surface area contributed by atoms with Crippen LogP contribution in [-0.4, -0.2) is 53.7 Å². The van der Waals surface area contributed by atoms with Crippen LogP contribution in [0.2, 0.25) is 0 Å². The molecular weight excluding hydrogens is 423 g/mol. The Morgan fingerprint density at radius 1 is 1.30 bits per heavy atom. The van der Waals surface area contributed by atoms with E-state index in [0.29, 0.717) is 42.5 Å². The number of anilines is 3. The van der Waals surface area contributed by atoms with Crippen LogP contribution in [0, 0.1) is 11.3 Å². The van der Waals surface area contributed by atoms with E-state index in [0.717, 1.165) is 24.9 Å². The zero-order valence-corrected chi connectivity index (χ0v) is 18.9. The highest BCUT2D eigenvalue weighted by Gasteiger charge is 2.37. The van der Waals surface area contributed by atoms with Crippen LogP contribution < -0.4 is 10.2 Å². The molecule has 3 N–H and O–H groups in total. The largest absolute Gasteiger partial charge is 0.477 e. The molecule has 0 spiro atoms. The van der Waals surface area contributed by atoms with E-state index in [1.165, 1.54) is 6.07 Å². The fraction of sp³-hybridized carbons (Fsp3) is 0.480. The Hall–Kier alpha value is -3.00. The van der Waals surface area contributed by atoms with E-state index in [4.69, 9.17) is 10.1 Å². The summed E-state index contributed by atoms with van der Waals surface area (Å²) in [5, 5.41) is 21.9. The van der Waals surface area contributed by atoms with Crippen LogP contribution in [0.3, 0.4) is 0 Å². The van der Waals surface area contributed by atoms with Gasteiger partial charge in [-0.3, -0.25) is 0 Å². The number of nitrogens with zero attached hydrogens (tertiary/aromatic N) is 2. The maximum atomic E-state index is 15.2. The molecule has 2 aliphatic rings. The number of carboxylic acids is 1. The molecule has 0 amide bonds. The molecule has 0 radical (unpaired) electrons. The van der Waals surface area contributed by atoms with Crippen molar-refractivity contribution < 1.29 is 19.0 Å². The van der Waals surface area contributed by atoms with E-state index in [-0.39, 0.29) is 31.1 Å². The monoisotopic (exact) mass is 454 g/mol. The molecule has 0 unspecified atom stereocenters. The lowest BCUT2D eigenvalue weighted by Crippen LogP contribution is -2.45. The minimum atomic E-state index is -1.39. The Morgan fingerprint density at radius 2 is 2.00 bits per heavy atom. The van der Waals surface area contributed by atoms with Crippen LogP contribution >= 0.6 is 0 Å². The number of benzene rings is 1. The zero-order valence-electron chi connectivity index (χ0n) is 18.9. The molecule has 1 saturated carbocycles. The third-order valence-corrected chi connectivity index (χ3v) is 6.60. The lowest BCUT2D eigenvalue weighted by atomic mass is 9.78. The molecule has 176 valence electrons. The number of alkyl halides is 1. The standard InChI is InChI=1S/C25H31FN4O3/c1-2-33-16-25(26)11-13-30(14-12-25)20-15-19(24(31)32)29-23(28-18-9-4-3-5-10-18)21(20)22(27)17-7-6-8-17/h3-5,9-10,15,17,27H,2,6-8,11-14,16H2,1H3,(H,28,29)(H,31,32). The number of para-hydroxylation sites is 1. The molecule has 2 aromatic rings. The van der Waals surface area contributed by atoms with Crippen molar-refractivity contribution in [3.63, 3.8) is 0 Å². The molecule has 1 saturated heterocycles. The Labute approximate surface area is 193 Å². The van der Waals surface area contributed by atoms with Crippen LogP contribution in [0.5, 0.6) is 0 Å². The van der Waals surface area contributed by atoms with Crippen LogP contribution in [0.4, 0.5) is 21.6 Å². The van der Waals surface area contributed by atoms with E-state index in [2.05, 4.69) is 10.3 Å². The summed E-state index contributed by atoms with van der Waals surface area (Å²) in [4.78, 5) is 18.3. The smallest absolute Gasteiger partial charge is 0.354 e. The quantitative estimate of drug-likeness (QED) is 0.460. The van der Waals surface area contributed by atoms with Crippen LogP contribution in [0.15, 0.2) is 36.4 Å². The van der Waals surface area contributed by atoms with Crippen molar-refractivity contribution in [3.05, 3.63) is 47.7 Å². The first-order valence-electron chi connectivity index (χ1n) is 11.6. The van der Waals surface area contributed by atoms with Gasteiger partial charge in [0, 0.05) is 49.9 Å². The Balaban J connectivity index is 1.73. The summed E-state index contributed by atoms with van der Waals surface area (Å²) < 4.78 is 20.5. The van der Waals surface area contributed by atoms with Crippen molar-refractivity contribution in [2.45, 2.75) is 44.7 Å². The van der Waals surface area contributed by atoms with Crippen molar-refractivity contribution >= 4 is 28.9 Å². The number of carboxylic acid groups (broad SMARTS) is 1. The van der Waals surface area contributed by atoms with E-state index < -0.39 is 11.6 Å². The summed E-state index contributed by atoms with van der Waals surface area (Å²) in [6.45, 7) is 3.23. The highest BCUT2D eigenvalue weighted by molar-refractivity contribution is 6.10. The molecule has 0 atom stereocenters. The molecule has 2 heterocycles. The normalized spacial score (nSPS) is 17.9. The maximum absolute atomic E-state index is 15.2. The molecule has 1 aliphatic heterocycles. The highest BCUT2D eigenvalue weighted by Crippen LogP contribution is 2.39. The fourth-order valence-corrected chi connectivity index (χ4v) is 4.38. The van der Waals surface area contributed by atoms with Gasteiger partial charge in [0.25, 0.3) is 0 Å². The number of halogens is 1. The third kappa shape index (κ3) is 5.16. The van der Waals surface area contributed by atoms with E-state index in [1.54, 1.807) is 0 Å². The van der Waals surface area contributed by atoms with Crippen LogP contribution in [-0.2, 0) is 4.74 Å². The number of hydrogen-bond donors (Lipinski definition) is 3. The summed E-state index contributed by atoms with van der Waals surface area (Å²) in [7, 11) is 0. The van der Waals surface area contributed by atoms with Crippen LogP contribution in [0.1, 0.15) is 55.1 Å². The number of piperidine rings is 1. The number of aromatic carboxylic acids is 1. The molecule has 4 rings (SSSR count). The number of pyridine rings is 1. The molecule has 8 heteroatoms. The van der Waals surface area contributed by atoms with Gasteiger partial charge in [-0.1, -0.05) is 24.6 Å². The van der Waals surface area contributed by atoms with Crippen molar-refractivity contribution in [3.8, 4) is 0 Å². The molecule has 2 fully saturated rings. The van der Waals surface area contributed by atoms with E-state index in [1.807, 2.05) is 42.2 Å². The summed E-state index contributed by atoms with van der Waals surface area (Å²) in [6, 6.07) is 10.9. The van der Waals surface area contributed by atoms with Gasteiger partial charge in [0.15, 0.2) is 5.69 Å². The van der Waals surface area contributed by atoms with Crippen molar-refractivity contribution in [1.29, 1.82) is 5.41 Å². The van der Waals surface area contributed by atoms with Gasteiger partial charge in [-0.25, -0.2) is 14.2 Å². The predicted octanol–water partition coefficient (Wildman–Crippen LogP) is 5.04. The lowest BCUT2D eigenvalue weighted by Gasteiger charge is -2.39. The molecular formula is C25H31FN4O3. The van der Waals surface area contributed by atoms with Gasteiger partial charge in [-0.05, 0) is 38.0 Å². The number of nitrogens with one attached hydrogen (secondary N) is 2. The first-order chi connectivity index (χ1) is 15.9. The topological polar surface area (TPSA) is 98.5 Å². The van der Waals surface area contributed by atoms with Crippen LogP contribution in [0.25, 0.3) is 0 Å². The van der Waals surface area contributed by atoms with Gasteiger partial charge in [0.2, 0.25) is 0 Å². The fourth-order valence-electron chi connectivity index (χ4n) is 4.38. The van der Waals surface area contributed by atoms with Gasteiger partial charge >= 0.3 is 5.97 Å². The molecule has 1 aliphatic carbocycles. The number of aromatic nitrogens is 1. The molecule has 33 heavy (non-hydrogen) atoms. The summed E-state index contributed by atoms with van der Waals surface area (Å²) >= 11 is 0. The van der Waals surface area contributed by atoms with Gasteiger partial charge in [0.1, 0.15) is 11.5 Å². The minimum Gasteiger partial charge on any atom is -0.477 e. The lowest BCUT2D eigenvalue weighted by molar-refractivity contribution is 0.00458. The second-order valence-corrected chi connectivity index (χ2v) is 8.86. The molecule has 7 nitrogen and oxygen atoms in total. The SMILES string of the molecule is CCOCC1(F)CCN(c2cc(C(=O)O)nc(Nc3ccccc3)c2C(=N)C2CCC2)CC1. The van der Waals surface area contributed by atoms with E-state index in [9.17, 15) is 9.90 Å². The first kappa shape index (κ1) is 23.2. The number of carbonyl (C=O) groups is 1. The van der Waals surface area contributed by atoms with Gasteiger partial charge in [-0.2, -0.15) is 0 Å². The van der Waals surface area contributed by atoms with Crippen molar-refractivity contribution in [1.82, 2.24) is 4.98 Å². The second kappa shape index (κ2) is 9.87. The average molecular weight is 455 g/mol. The average Bonchev–Trinajstić information content (AvgIpc) is 2.77. The number of ether oxygens (including phenoxy) is 1. The summed E-state index contributed by atoms with van der Waals surface area (Å²) in [6.07, 6.45) is 3.53. The Bertz CT molecular complexity index is 1000. The van der Waals surface area contributed by atoms with Gasteiger partial charge in [-0.15, -0.1) is 0 Å². The third-order valence-electron chi connectivity index (χ3n) is 6.60. The second-order valence-electron chi connectivity index (χ2n) is 8.86. The molecule has 1 aromatic heterocycles. The number of rotatable bonds is 9. The van der Waals surface area contributed by atoms with Crippen molar-refractivity contribution in [2.24, 2.45) is 5.92 Å². The maximum Gasteiger partial charge on any atom is 0.354 e. The predicted molar refractivity (Wildman–Crippen MR) is 127 cm³/mol. The van der Waals surface area contributed by atoms with E-state index >= 15 is 4.39 Å². The first-order valence-corrected chi connectivity index (χ1v) is 11.6. The van der Waals surface area contributed by atoms with Crippen molar-refractivity contribution in [2.75, 3.05) is 36.5 Å². The summed E-state index contributed by atoms with van der Waals surface area (Å²) in [5.41, 5.74) is 0.993. The minimum absolute atomic E-state index is 0.0691.